The van der Waals surface area contributed by atoms with Crippen molar-refractivity contribution in [3.63, 3.8) is 0 Å². The zero-order chi connectivity index (χ0) is 25.7. The number of fused-ring (bicyclic) bond motifs is 1. The van der Waals surface area contributed by atoms with Crippen LogP contribution in [0.15, 0.2) is 54.6 Å². The molecule has 1 N–H and O–H groups in total. The Balaban J connectivity index is 1.39. The van der Waals surface area contributed by atoms with E-state index in [1.807, 2.05) is 54.6 Å². The van der Waals surface area contributed by atoms with Gasteiger partial charge in [0, 0.05) is 4.88 Å². The zero-order valence-corrected chi connectivity index (χ0v) is 21.7. The Morgan fingerprint density at radius 3 is 2.44 bits per heavy atom. The van der Waals surface area contributed by atoms with Crippen LogP contribution >= 0.6 is 11.3 Å². The third-order valence-electron chi connectivity index (χ3n) is 6.31. The summed E-state index contributed by atoms with van der Waals surface area (Å²) in [6.07, 6.45) is 1.70. The van der Waals surface area contributed by atoms with Crippen LogP contribution in [-0.4, -0.2) is 30.6 Å². The minimum Gasteiger partial charge on any atom is -0.462 e. The fourth-order valence-electron chi connectivity index (χ4n) is 4.38. The van der Waals surface area contributed by atoms with Crippen LogP contribution < -0.4 is 5.32 Å². The molecule has 7 heteroatoms. The van der Waals surface area contributed by atoms with E-state index in [2.05, 4.69) is 12.2 Å². The van der Waals surface area contributed by atoms with Gasteiger partial charge in [-0.3, -0.25) is 9.59 Å². The van der Waals surface area contributed by atoms with E-state index in [0.29, 0.717) is 16.5 Å². The standard InChI is InChI=1S/C29H31NO5S/c1-4-34-29(33)26-23-15-10-18(2)16-24(23)36-28(26)30-27(32)19(3)35-25(31)17-20-11-13-22(14-12-20)21-8-6-5-7-9-21/h5-9,11-14,18-19H,4,10,15-17H2,1-3H3,(H,30,32)/t18-,19+/m0/s1. The molecule has 1 amide bonds. The lowest BCUT2D eigenvalue weighted by Crippen LogP contribution is -2.30. The second-order valence-corrected chi connectivity index (χ2v) is 10.2. The van der Waals surface area contributed by atoms with Crippen molar-refractivity contribution >= 4 is 34.2 Å². The molecule has 188 valence electrons. The summed E-state index contributed by atoms with van der Waals surface area (Å²) in [6.45, 7) is 5.73. The maximum atomic E-state index is 12.9. The highest BCUT2D eigenvalue weighted by Crippen LogP contribution is 2.40. The number of carbonyl (C=O) groups is 3. The van der Waals surface area contributed by atoms with Gasteiger partial charge in [-0.15, -0.1) is 11.3 Å². The monoisotopic (exact) mass is 505 g/mol. The molecule has 0 saturated carbocycles. The first kappa shape index (κ1) is 25.6. The van der Waals surface area contributed by atoms with Gasteiger partial charge in [0.25, 0.3) is 5.91 Å². The van der Waals surface area contributed by atoms with Crippen molar-refractivity contribution in [3.8, 4) is 11.1 Å². The fraction of sp³-hybridized carbons (Fsp3) is 0.345. The van der Waals surface area contributed by atoms with Crippen LogP contribution in [0.3, 0.4) is 0 Å². The number of hydrogen-bond donors (Lipinski definition) is 1. The molecule has 0 unspecified atom stereocenters. The van der Waals surface area contributed by atoms with Crippen LogP contribution in [0, 0.1) is 5.92 Å². The van der Waals surface area contributed by atoms with Gasteiger partial charge < -0.3 is 14.8 Å². The molecule has 1 aliphatic carbocycles. The van der Waals surface area contributed by atoms with Gasteiger partial charge in [0.05, 0.1) is 18.6 Å². The van der Waals surface area contributed by atoms with E-state index >= 15 is 0 Å². The predicted molar refractivity (Wildman–Crippen MR) is 141 cm³/mol. The van der Waals surface area contributed by atoms with Gasteiger partial charge >= 0.3 is 11.9 Å². The largest absolute Gasteiger partial charge is 0.462 e. The fourth-order valence-corrected chi connectivity index (χ4v) is 5.78. The van der Waals surface area contributed by atoms with Crippen molar-refractivity contribution in [2.24, 2.45) is 5.92 Å². The SMILES string of the molecule is CCOC(=O)c1c(NC(=O)[C@@H](C)OC(=O)Cc2ccc(-c3ccccc3)cc2)sc2c1CC[C@H](C)C2. The lowest BCUT2D eigenvalue weighted by Gasteiger charge is -2.18. The number of esters is 2. The van der Waals surface area contributed by atoms with Crippen molar-refractivity contribution in [1.29, 1.82) is 0 Å². The molecule has 1 aliphatic rings. The maximum absolute atomic E-state index is 12.9. The predicted octanol–water partition coefficient (Wildman–Crippen LogP) is 5.83. The van der Waals surface area contributed by atoms with Crippen LogP contribution in [0.4, 0.5) is 5.00 Å². The van der Waals surface area contributed by atoms with Crippen LogP contribution in [-0.2, 0) is 38.3 Å². The molecule has 4 rings (SSSR count). The second kappa shape index (κ2) is 11.5. The Morgan fingerprint density at radius 1 is 1.06 bits per heavy atom. The van der Waals surface area contributed by atoms with E-state index in [4.69, 9.17) is 9.47 Å². The second-order valence-electron chi connectivity index (χ2n) is 9.14. The normalized spacial score (nSPS) is 15.5. The summed E-state index contributed by atoms with van der Waals surface area (Å²) in [6, 6.07) is 17.7. The molecule has 0 radical (unpaired) electrons. The van der Waals surface area contributed by atoms with Gasteiger partial charge in [-0.25, -0.2) is 4.79 Å². The Morgan fingerprint density at radius 2 is 1.75 bits per heavy atom. The first-order chi connectivity index (χ1) is 17.4. The van der Waals surface area contributed by atoms with Crippen LogP contribution in [0.1, 0.15) is 53.6 Å². The molecular weight excluding hydrogens is 474 g/mol. The highest BCUT2D eigenvalue weighted by Gasteiger charge is 2.30. The summed E-state index contributed by atoms with van der Waals surface area (Å²) in [5.41, 5.74) is 4.37. The Bertz CT molecular complexity index is 1230. The lowest BCUT2D eigenvalue weighted by molar-refractivity contribution is -0.152. The van der Waals surface area contributed by atoms with Gasteiger partial charge in [0.2, 0.25) is 0 Å². The third-order valence-corrected chi connectivity index (χ3v) is 7.48. The number of ether oxygens (including phenoxy) is 2. The number of nitrogens with one attached hydrogen (secondary N) is 1. The lowest BCUT2D eigenvalue weighted by atomic mass is 9.88. The van der Waals surface area contributed by atoms with Gasteiger partial charge in [0.15, 0.2) is 6.10 Å². The Kier molecular flexibility index (Phi) is 8.21. The van der Waals surface area contributed by atoms with Crippen molar-refractivity contribution in [1.82, 2.24) is 0 Å². The number of rotatable bonds is 8. The van der Waals surface area contributed by atoms with Crippen molar-refractivity contribution < 1.29 is 23.9 Å². The summed E-state index contributed by atoms with van der Waals surface area (Å²) in [4.78, 5) is 39.2. The minimum absolute atomic E-state index is 0.0615. The van der Waals surface area contributed by atoms with Gasteiger partial charge in [-0.1, -0.05) is 61.5 Å². The van der Waals surface area contributed by atoms with Crippen molar-refractivity contribution in [2.75, 3.05) is 11.9 Å². The molecule has 1 heterocycles. The van der Waals surface area contributed by atoms with Gasteiger partial charge in [0.1, 0.15) is 5.00 Å². The number of benzene rings is 2. The summed E-state index contributed by atoms with van der Waals surface area (Å²) in [7, 11) is 0. The molecule has 0 bridgehead atoms. The van der Waals surface area contributed by atoms with E-state index in [-0.39, 0.29) is 13.0 Å². The molecule has 1 aromatic heterocycles. The average Bonchev–Trinajstić information content (AvgIpc) is 3.21. The minimum atomic E-state index is -1.01. The Labute approximate surface area is 215 Å². The van der Waals surface area contributed by atoms with Gasteiger partial charge in [-0.05, 0) is 61.3 Å². The number of carbonyl (C=O) groups excluding carboxylic acids is 3. The topological polar surface area (TPSA) is 81.7 Å². The van der Waals surface area contributed by atoms with E-state index < -0.39 is 23.9 Å². The van der Waals surface area contributed by atoms with E-state index in [1.54, 1.807) is 6.92 Å². The number of thiophene rings is 1. The molecule has 0 fully saturated rings. The van der Waals surface area contributed by atoms with Crippen LogP contribution in [0.25, 0.3) is 11.1 Å². The molecule has 2 aromatic carbocycles. The summed E-state index contributed by atoms with van der Waals surface area (Å²) < 4.78 is 10.7. The molecule has 0 saturated heterocycles. The summed E-state index contributed by atoms with van der Waals surface area (Å²) in [5.74, 6) is -0.866. The quantitative estimate of drug-likeness (QED) is 0.390. The van der Waals surface area contributed by atoms with E-state index in [1.165, 1.54) is 18.3 Å². The number of anilines is 1. The molecule has 36 heavy (non-hydrogen) atoms. The molecule has 0 spiro atoms. The van der Waals surface area contributed by atoms with E-state index in [9.17, 15) is 14.4 Å². The first-order valence-corrected chi connectivity index (χ1v) is 13.1. The maximum Gasteiger partial charge on any atom is 0.341 e. The van der Waals surface area contributed by atoms with Crippen molar-refractivity contribution in [3.05, 3.63) is 76.2 Å². The summed E-state index contributed by atoms with van der Waals surface area (Å²) in [5, 5.41) is 3.29. The highest BCUT2D eigenvalue weighted by atomic mass is 32.1. The zero-order valence-electron chi connectivity index (χ0n) is 20.8. The highest BCUT2D eigenvalue weighted by molar-refractivity contribution is 7.17. The molecule has 0 aliphatic heterocycles. The number of amides is 1. The third kappa shape index (κ3) is 6.02. The Hall–Kier alpha value is -3.45. The van der Waals surface area contributed by atoms with Gasteiger partial charge in [-0.2, -0.15) is 0 Å². The molecule has 6 nitrogen and oxygen atoms in total. The molecular formula is C29H31NO5S. The smallest absolute Gasteiger partial charge is 0.341 e. The molecule has 2 atom stereocenters. The first-order valence-electron chi connectivity index (χ1n) is 12.3. The summed E-state index contributed by atoms with van der Waals surface area (Å²) >= 11 is 1.41. The average molecular weight is 506 g/mol. The number of hydrogen-bond acceptors (Lipinski definition) is 6. The molecule has 3 aromatic rings. The van der Waals surface area contributed by atoms with E-state index in [0.717, 1.165) is 46.4 Å². The van der Waals surface area contributed by atoms with Crippen LogP contribution in [0.2, 0.25) is 0 Å². The van der Waals surface area contributed by atoms with Crippen molar-refractivity contribution in [2.45, 2.75) is 52.6 Å². The van der Waals surface area contributed by atoms with Crippen LogP contribution in [0.5, 0.6) is 0 Å².